The number of rotatable bonds is 5. The highest BCUT2D eigenvalue weighted by atomic mass is 16.5. The number of hydrazine groups is 1. The number of aryl methyl sites for hydroxylation is 1. The van der Waals surface area contributed by atoms with Gasteiger partial charge in [0.2, 0.25) is 0 Å². The lowest BCUT2D eigenvalue weighted by molar-refractivity contribution is 0.0951. The normalized spacial score (nSPS) is 10.3. The predicted octanol–water partition coefficient (Wildman–Crippen LogP) is 0.840. The number of nitrogen functional groups attached to an aromatic ring is 1. The van der Waals surface area contributed by atoms with Gasteiger partial charge in [-0.25, -0.2) is 10.5 Å². The Hall–Kier alpha value is -2.67. The number of carbonyl (C=O) groups is 1. The summed E-state index contributed by atoms with van der Waals surface area (Å²) in [5.74, 6) is 5.16. The van der Waals surface area contributed by atoms with Crippen LogP contribution in [0.2, 0.25) is 0 Å². The van der Waals surface area contributed by atoms with E-state index in [1.165, 1.54) is 13.1 Å². The Bertz CT molecular complexity index is 740. The standard InChI is InChI=1S/C15H18N4O3/c1-3-7-22-11-6-4-5-10(8-11)13-9-12(14(20)17-16)15(21)19(2)18-13/h4-6,8-9H,3,7,16H2,1-2H3,(H,17,20). The smallest absolute Gasteiger partial charge is 0.279 e. The van der Waals surface area contributed by atoms with Gasteiger partial charge in [0.1, 0.15) is 11.3 Å². The lowest BCUT2D eigenvalue weighted by Gasteiger charge is -2.09. The van der Waals surface area contributed by atoms with Gasteiger partial charge in [-0.3, -0.25) is 15.0 Å². The molecule has 3 N–H and O–H groups in total. The third-order valence-corrected chi connectivity index (χ3v) is 3.04. The predicted molar refractivity (Wildman–Crippen MR) is 82.4 cm³/mol. The summed E-state index contributed by atoms with van der Waals surface area (Å²) in [6.45, 7) is 2.64. The summed E-state index contributed by atoms with van der Waals surface area (Å²) in [5, 5.41) is 4.17. The van der Waals surface area contributed by atoms with E-state index in [-0.39, 0.29) is 5.56 Å². The fourth-order valence-electron chi connectivity index (χ4n) is 1.96. The van der Waals surface area contributed by atoms with Gasteiger partial charge in [0.25, 0.3) is 11.5 Å². The van der Waals surface area contributed by atoms with Crippen LogP contribution in [0.25, 0.3) is 11.3 Å². The number of nitrogens with two attached hydrogens (primary N) is 1. The zero-order valence-electron chi connectivity index (χ0n) is 12.5. The number of amides is 1. The summed E-state index contributed by atoms with van der Waals surface area (Å²) >= 11 is 0. The molecule has 0 fully saturated rings. The van der Waals surface area contributed by atoms with Crippen molar-refractivity contribution < 1.29 is 9.53 Å². The summed E-state index contributed by atoms with van der Waals surface area (Å²) in [4.78, 5) is 23.6. The molecule has 0 bridgehead atoms. The molecule has 0 spiro atoms. The number of hydrogen-bond donors (Lipinski definition) is 2. The number of nitrogens with one attached hydrogen (secondary N) is 1. The second kappa shape index (κ2) is 6.86. The quantitative estimate of drug-likeness (QED) is 0.484. The third-order valence-electron chi connectivity index (χ3n) is 3.04. The highest BCUT2D eigenvalue weighted by molar-refractivity contribution is 5.94. The third kappa shape index (κ3) is 3.32. The van der Waals surface area contributed by atoms with E-state index in [1.807, 2.05) is 36.6 Å². The zero-order chi connectivity index (χ0) is 16.1. The van der Waals surface area contributed by atoms with Crippen molar-refractivity contribution >= 4 is 5.91 Å². The summed E-state index contributed by atoms with van der Waals surface area (Å²) < 4.78 is 6.69. The van der Waals surface area contributed by atoms with Crippen molar-refractivity contribution in [3.05, 3.63) is 46.2 Å². The lowest BCUT2D eigenvalue weighted by atomic mass is 10.1. The van der Waals surface area contributed by atoms with Gasteiger partial charge in [-0.2, -0.15) is 5.10 Å². The van der Waals surface area contributed by atoms with Crippen LogP contribution in [0.3, 0.4) is 0 Å². The Labute approximate surface area is 127 Å². The van der Waals surface area contributed by atoms with E-state index in [4.69, 9.17) is 10.6 Å². The Balaban J connectivity index is 2.46. The van der Waals surface area contributed by atoms with Crippen LogP contribution in [0.4, 0.5) is 0 Å². The molecule has 7 nitrogen and oxygen atoms in total. The van der Waals surface area contributed by atoms with E-state index in [2.05, 4.69) is 5.10 Å². The number of benzene rings is 1. The van der Waals surface area contributed by atoms with Gasteiger partial charge in [0, 0.05) is 12.6 Å². The van der Waals surface area contributed by atoms with Gasteiger partial charge in [-0.15, -0.1) is 0 Å². The van der Waals surface area contributed by atoms with Gasteiger partial charge < -0.3 is 4.74 Å². The molecule has 0 atom stereocenters. The molecule has 1 amide bonds. The molecule has 2 rings (SSSR count). The minimum absolute atomic E-state index is 0.0603. The van der Waals surface area contributed by atoms with Crippen LogP contribution in [0, 0.1) is 0 Å². The van der Waals surface area contributed by atoms with Crippen LogP contribution >= 0.6 is 0 Å². The first-order chi connectivity index (χ1) is 10.6. The van der Waals surface area contributed by atoms with Crippen molar-refractivity contribution in [2.24, 2.45) is 12.9 Å². The number of hydrogen-bond acceptors (Lipinski definition) is 5. The minimum Gasteiger partial charge on any atom is -0.494 e. The van der Waals surface area contributed by atoms with E-state index in [1.54, 1.807) is 0 Å². The van der Waals surface area contributed by atoms with Crippen molar-refractivity contribution in [3.8, 4) is 17.0 Å². The van der Waals surface area contributed by atoms with Gasteiger partial charge >= 0.3 is 0 Å². The number of carbonyl (C=O) groups excluding carboxylic acids is 1. The minimum atomic E-state index is -0.650. The number of ether oxygens (including phenoxy) is 1. The molecule has 1 aromatic carbocycles. The Kier molecular flexibility index (Phi) is 4.90. The zero-order valence-corrected chi connectivity index (χ0v) is 12.5. The molecule has 22 heavy (non-hydrogen) atoms. The molecule has 0 saturated carbocycles. The first-order valence-electron chi connectivity index (χ1n) is 6.89. The molecule has 1 aromatic heterocycles. The average molecular weight is 302 g/mol. The van der Waals surface area contributed by atoms with Crippen LogP contribution in [0.15, 0.2) is 35.1 Å². The molecule has 0 saturated heterocycles. The SMILES string of the molecule is CCCOc1cccc(-c2cc(C(=O)NN)c(=O)n(C)n2)c1. The van der Waals surface area contributed by atoms with Crippen LogP contribution in [-0.4, -0.2) is 22.3 Å². The maximum Gasteiger partial charge on any atom is 0.279 e. The van der Waals surface area contributed by atoms with Crippen LogP contribution in [-0.2, 0) is 7.05 Å². The van der Waals surface area contributed by atoms with Crippen molar-refractivity contribution in [2.75, 3.05) is 6.61 Å². The van der Waals surface area contributed by atoms with Crippen molar-refractivity contribution in [1.29, 1.82) is 0 Å². The number of nitrogens with zero attached hydrogens (tertiary/aromatic N) is 2. The maximum absolute atomic E-state index is 11.9. The summed E-state index contributed by atoms with van der Waals surface area (Å²) in [7, 11) is 1.48. The van der Waals surface area contributed by atoms with E-state index in [0.29, 0.717) is 18.1 Å². The summed E-state index contributed by atoms with van der Waals surface area (Å²) in [6, 6.07) is 8.73. The summed E-state index contributed by atoms with van der Waals surface area (Å²) in [6.07, 6.45) is 0.906. The van der Waals surface area contributed by atoms with Crippen LogP contribution in [0.1, 0.15) is 23.7 Å². The van der Waals surface area contributed by atoms with Crippen LogP contribution < -0.4 is 21.6 Å². The van der Waals surface area contributed by atoms with E-state index in [9.17, 15) is 9.59 Å². The second-order valence-electron chi connectivity index (χ2n) is 4.72. The Morgan fingerprint density at radius 2 is 2.18 bits per heavy atom. The largest absolute Gasteiger partial charge is 0.494 e. The van der Waals surface area contributed by atoms with E-state index >= 15 is 0 Å². The summed E-state index contributed by atoms with van der Waals surface area (Å²) in [5.41, 5.74) is 2.63. The average Bonchev–Trinajstić information content (AvgIpc) is 2.54. The van der Waals surface area contributed by atoms with Crippen molar-refractivity contribution in [2.45, 2.75) is 13.3 Å². The molecule has 0 unspecified atom stereocenters. The molecule has 0 aliphatic heterocycles. The molecule has 2 aromatic rings. The monoisotopic (exact) mass is 302 g/mol. The van der Waals surface area contributed by atoms with Gasteiger partial charge in [0.15, 0.2) is 0 Å². The highest BCUT2D eigenvalue weighted by Crippen LogP contribution is 2.22. The highest BCUT2D eigenvalue weighted by Gasteiger charge is 2.14. The molecule has 0 aliphatic rings. The number of aromatic nitrogens is 2. The van der Waals surface area contributed by atoms with Crippen LogP contribution in [0.5, 0.6) is 5.75 Å². The molecule has 0 aliphatic carbocycles. The van der Waals surface area contributed by atoms with Gasteiger partial charge in [-0.05, 0) is 24.6 Å². The Morgan fingerprint density at radius 3 is 2.86 bits per heavy atom. The molecular formula is C15H18N4O3. The molecular weight excluding hydrogens is 284 g/mol. The van der Waals surface area contributed by atoms with Gasteiger partial charge in [-0.1, -0.05) is 19.1 Å². The topological polar surface area (TPSA) is 99.2 Å². The molecule has 7 heteroatoms. The van der Waals surface area contributed by atoms with Crippen molar-refractivity contribution in [3.63, 3.8) is 0 Å². The first kappa shape index (κ1) is 15.7. The fraction of sp³-hybridized carbons (Fsp3) is 0.267. The molecule has 116 valence electrons. The Morgan fingerprint density at radius 1 is 1.41 bits per heavy atom. The molecule has 1 heterocycles. The van der Waals surface area contributed by atoms with Gasteiger partial charge in [0.05, 0.1) is 12.3 Å². The lowest BCUT2D eigenvalue weighted by Crippen LogP contribution is -2.36. The van der Waals surface area contributed by atoms with E-state index < -0.39 is 11.5 Å². The second-order valence-corrected chi connectivity index (χ2v) is 4.72. The van der Waals surface area contributed by atoms with Crippen molar-refractivity contribution in [1.82, 2.24) is 15.2 Å². The molecule has 0 radical (unpaired) electrons. The maximum atomic E-state index is 11.9. The fourth-order valence-corrected chi connectivity index (χ4v) is 1.96. The first-order valence-corrected chi connectivity index (χ1v) is 6.89. The van der Waals surface area contributed by atoms with E-state index in [0.717, 1.165) is 16.7 Å².